The Morgan fingerprint density at radius 1 is 1.27 bits per heavy atom. The minimum absolute atomic E-state index is 0.0749. The summed E-state index contributed by atoms with van der Waals surface area (Å²) in [5, 5.41) is 0. The van der Waals surface area contributed by atoms with Gasteiger partial charge in [0.2, 0.25) is 11.8 Å². The third-order valence-corrected chi connectivity index (χ3v) is 5.62. The highest BCUT2D eigenvalue weighted by Crippen LogP contribution is 2.60. The molecule has 4 heteroatoms. The van der Waals surface area contributed by atoms with Crippen molar-refractivity contribution in [2.45, 2.75) is 20.3 Å². The van der Waals surface area contributed by atoms with E-state index in [1.54, 1.807) is 24.3 Å². The van der Waals surface area contributed by atoms with Gasteiger partial charge in [0, 0.05) is 5.56 Å². The topological polar surface area (TPSA) is 54.5 Å². The number of benzene rings is 1. The predicted octanol–water partition coefficient (Wildman–Crippen LogP) is 2.59. The molecule has 4 rings (SSSR count). The van der Waals surface area contributed by atoms with E-state index >= 15 is 0 Å². The highest BCUT2D eigenvalue weighted by atomic mass is 16.2. The van der Waals surface area contributed by atoms with Crippen LogP contribution in [-0.2, 0) is 9.59 Å². The van der Waals surface area contributed by atoms with Crippen molar-refractivity contribution in [3.63, 3.8) is 0 Å². The Bertz CT molecular complexity index is 750. The van der Waals surface area contributed by atoms with Crippen molar-refractivity contribution in [1.29, 1.82) is 0 Å². The van der Waals surface area contributed by atoms with Crippen LogP contribution in [0.4, 0.5) is 5.69 Å². The number of ketones is 1. The van der Waals surface area contributed by atoms with Crippen molar-refractivity contribution in [1.82, 2.24) is 0 Å². The fourth-order valence-corrected chi connectivity index (χ4v) is 4.41. The zero-order chi connectivity index (χ0) is 15.6. The van der Waals surface area contributed by atoms with E-state index in [2.05, 4.69) is 12.2 Å². The maximum atomic E-state index is 13.0. The van der Waals surface area contributed by atoms with Gasteiger partial charge in [-0.1, -0.05) is 24.3 Å². The number of Topliss-reactive ketones (excluding diaryl/α,β-unsaturated/α-hetero) is 1. The molecular weight excluding hydrogens is 278 g/mol. The number of amides is 2. The summed E-state index contributed by atoms with van der Waals surface area (Å²) >= 11 is 0. The number of imide groups is 1. The number of carbonyl (C=O) groups is 3. The smallest absolute Gasteiger partial charge is 0.241 e. The lowest BCUT2D eigenvalue weighted by atomic mass is 9.71. The molecule has 1 heterocycles. The number of carbonyl (C=O) groups excluding carboxylic acids is 3. The van der Waals surface area contributed by atoms with E-state index in [9.17, 15) is 14.4 Å². The second-order valence-corrected chi connectivity index (χ2v) is 6.74. The number of fused-ring (bicyclic) bond motifs is 5. The van der Waals surface area contributed by atoms with Crippen molar-refractivity contribution in [2.24, 2.45) is 23.2 Å². The van der Waals surface area contributed by atoms with Gasteiger partial charge in [0.25, 0.3) is 0 Å². The van der Waals surface area contributed by atoms with Gasteiger partial charge in [-0.15, -0.1) is 0 Å². The van der Waals surface area contributed by atoms with Crippen molar-refractivity contribution >= 4 is 23.3 Å². The first-order valence-electron chi connectivity index (χ1n) is 7.62. The minimum Gasteiger partial charge on any atom is -0.295 e. The lowest BCUT2D eigenvalue weighted by molar-refractivity contribution is -0.127. The molecule has 1 saturated heterocycles. The molecule has 22 heavy (non-hydrogen) atoms. The third-order valence-electron chi connectivity index (χ3n) is 5.62. The summed E-state index contributed by atoms with van der Waals surface area (Å²) in [7, 11) is 0. The van der Waals surface area contributed by atoms with E-state index in [1.165, 1.54) is 11.8 Å². The van der Waals surface area contributed by atoms with Crippen LogP contribution in [-0.4, -0.2) is 17.6 Å². The largest absolute Gasteiger partial charge is 0.295 e. The summed E-state index contributed by atoms with van der Waals surface area (Å²) in [4.78, 5) is 38.7. The van der Waals surface area contributed by atoms with Gasteiger partial charge in [0.1, 0.15) is 0 Å². The number of rotatable bonds is 2. The minimum atomic E-state index is -0.622. The average Bonchev–Trinajstić information content (AvgIpc) is 3.12. The summed E-state index contributed by atoms with van der Waals surface area (Å²) in [6, 6.07) is 6.78. The quantitative estimate of drug-likeness (QED) is 0.479. The molecule has 112 valence electrons. The Hall–Kier alpha value is -2.23. The predicted molar refractivity (Wildman–Crippen MR) is 81.3 cm³/mol. The summed E-state index contributed by atoms with van der Waals surface area (Å²) < 4.78 is 0. The zero-order valence-corrected chi connectivity index (χ0v) is 12.6. The Kier molecular flexibility index (Phi) is 2.54. The third kappa shape index (κ3) is 1.45. The Morgan fingerprint density at radius 3 is 2.73 bits per heavy atom. The molecule has 1 aliphatic heterocycles. The Labute approximate surface area is 128 Å². The van der Waals surface area contributed by atoms with Gasteiger partial charge in [-0.2, -0.15) is 0 Å². The van der Waals surface area contributed by atoms with Crippen LogP contribution in [0.2, 0.25) is 0 Å². The number of anilines is 1. The summed E-state index contributed by atoms with van der Waals surface area (Å²) in [5.74, 6) is -0.248. The van der Waals surface area contributed by atoms with Crippen molar-refractivity contribution in [2.75, 3.05) is 4.90 Å². The maximum Gasteiger partial charge on any atom is 0.241 e. The summed E-state index contributed by atoms with van der Waals surface area (Å²) in [5.41, 5.74) is 0.405. The van der Waals surface area contributed by atoms with Gasteiger partial charge in [0.05, 0.1) is 17.0 Å². The maximum absolute atomic E-state index is 13.0. The standard InChI is InChI=1S/C18H17NO3/c1-10(20)11-4-3-5-14(9-11)19-16(21)15-12-6-7-13(8-12)18(15,2)17(19)22/h3-7,9,12-13,15H,8H2,1-2H3/t12-,13+,15+,18+/m1/s1. The van der Waals surface area contributed by atoms with Gasteiger partial charge in [-0.05, 0) is 44.2 Å². The molecule has 1 aromatic carbocycles. The fourth-order valence-electron chi connectivity index (χ4n) is 4.41. The summed E-state index contributed by atoms with van der Waals surface area (Å²) in [6.45, 7) is 3.40. The normalized spacial score (nSPS) is 35.4. The molecule has 0 spiro atoms. The molecule has 4 nitrogen and oxygen atoms in total. The summed E-state index contributed by atoms with van der Waals surface area (Å²) in [6.07, 6.45) is 5.07. The first-order chi connectivity index (χ1) is 10.4. The van der Waals surface area contributed by atoms with E-state index in [4.69, 9.17) is 0 Å². The lowest BCUT2D eigenvalue weighted by Gasteiger charge is -2.28. The molecular formula is C18H17NO3. The van der Waals surface area contributed by atoms with Crippen LogP contribution in [0, 0.1) is 23.2 Å². The lowest BCUT2D eigenvalue weighted by Crippen LogP contribution is -2.37. The van der Waals surface area contributed by atoms with Crippen molar-refractivity contribution in [3.8, 4) is 0 Å². The van der Waals surface area contributed by atoms with E-state index < -0.39 is 5.41 Å². The zero-order valence-electron chi connectivity index (χ0n) is 12.6. The number of hydrogen-bond acceptors (Lipinski definition) is 3. The molecule has 0 N–H and O–H groups in total. The highest BCUT2D eigenvalue weighted by molar-refractivity contribution is 6.24. The first-order valence-corrected chi connectivity index (χ1v) is 7.62. The fraction of sp³-hybridized carbons (Fsp3) is 0.389. The van der Waals surface area contributed by atoms with Crippen LogP contribution in [0.1, 0.15) is 30.6 Å². The molecule has 3 aliphatic rings. The number of hydrogen-bond donors (Lipinski definition) is 0. The highest BCUT2D eigenvalue weighted by Gasteiger charge is 2.67. The van der Waals surface area contributed by atoms with E-state index in [-0.39, 0.29) is 35.4 Å². The Morgan fingerprint density at radius 2 is 2.05 bits per heavy atom. The van der Waals surface area contributed by atoms with Gasteiger partial charge in [-0.3, -0.25) is 14.4 Å². The molecule has 0 aromatic heterocycles. The van der Waals surface area contributed by atoms with Gasteiger partial charge < -0.3 is 0 Å². The SMILES string of the molecule is CC(=O)c1cccc(N2C(=O)[C@@H]3[C@@H]4C=C[C@@H](C4)[C@]3(C)C2=O)c1. The number of allylic oxidation sites excluding steroid dienone is 2. The molecule has 2 fully saturated rings. The van der Waals surface area contributed by atoms with Crippen LogP contribution >= 0.6 is 0 Å². The van der Waals surface area contributed by atoms with Crippen LogP contribution in [0.5, 0.6) is 0 Å². The molecule has 0 radical (unpaired) electrons. The van der Waals surface area contributed by atoms with E-state index in [0.29, 0.717) is 11.3 Å². The molecule has 4 atom stereocenters. The molecule has 2 amide bonds. The molecule has 0 unspecified atom stereocenters. The molecule has 2 bridgehead atoms. The van der Waals surface area contributed by atoms with Crippen LogP contribution < -0.4 is 4.90 Å². The first kappa shape index (κ1) is 13.4. The van der Waals surface area contributed by atoms with Crippen molar-refractivity contribution < 1.29 is 14.4 Å². The van der Waals surface area contributed by atoms with Crippen LogP contribution in [0.15, 0.2) is 36.4 Å². The van der Waals surface area contributed by atoms with Gasteiger partial charge >= 0.3 is 0 Å². The van der Waals surface area contributed by atoms with Crippen molar-refractivity contribution in [3.05, 3.63) is 42.0 Å². The average molecular weight is 295 g/mol. The monoisotopic (exact) mass is 295 g/mol. The van der Waals surface area contributed by atoms with Crippen LogP contribution in [0.3, 0.4) is 0 Å². The molecule has 1 saturated carbocycles. The second-order valence-electron chi connectivity index (χ2n) is 6.74. The Balaban J connectivity index is 1.79. The number of nitrogens with zero attached hydrogens (tertiary/aromatic N) is 1. The van der Waals surface area contributed by atoms with Gasteiger partial charge in [-0.25, -0.2) is 4.90 Å². The van der Waals surface area contributed by atoms with Crippen LogP contribution in [0.25, 0.3) is 0 Å². The van der Waals surface area contributed by atoms with E-state index in [1.807, 2.05) is 6.92 Å². The molecule has 1 aromatic rings. The molecule has 2 aliphatic carbocycles. The van der Waals surface area contributed by atoms with Gasteiger partial charge in [0.15, 0.2) is 5.78 Å². The van der Waals surface area contributed by atoms with E-state index in [0.717, 1.165) is 6.42 Å². The second kappa shape index (κ2) is 4.15.